The highest BCUT2D eigenvalue weighted by molar-refractivity contribution is 7.80. The molecule has 0 amide bonds. The molecule has 0 unspecified atom stereocenters. The van der Waals surface area contributed by atoms with Crippen molar-refractivity contribution in [3.8, 4) is 0 Å². The zero-order chi connectivity index (χ0) is 16.4. The Balaban J connectivity index is 1.70. The number of thiocarbonyl (C=S) groups is 1. The molecule has 2 aromatic rings. The normalized spacial score (nSPS) is 20.6. The number of hydrogen-bond acceptors (Lipinski definition) is 1. The molecule has 122 valence electrons. The molecule has 1 aliphatic heterocycles. The van der Waals surface area contributed by atoms with Crippen LogP contribution in [0.25, 0.3) is 0 Å². The van der Waals surface area contributed by atoms with Gasteiger partial charge in [0.2, 0.25) is 0 Å². The molecule has 0 radical (unpaired) electrons. The van der Waals surface area contributed by atoms with E-state index in [9.17, 15) is 0 Å². The zero-order valence-electron chi connectivity index (χ0n) is 13.7. The molecule has 1 N–H and O–H groups in total. The Hall–Kier alpha value is -2.13. The van der Waals surface area contributed by atoms with Crippen LogP contribution in [0.5, 0.6) is 0 Å². The predicted molar refractivity (Wildman–Crippen MR) is 102 cm³/mol. The number of nitrogens with zero attached hydrogens (tertiary/aromatic N) is 1. The van der Waals surface area contributed by atoms with Crippen LogP contribution in [0.15, 0.2) is 71.9 Å². The third-order valence-electron chi connectivity index (χ3n) is 4.98. The Labute approximate surface area is 149 Å². The summed E-state index contributed by atoms with van der Waals surface area (Å²) in [4.78, 5) is 2.32. The molecule has 2 nitrogen and oxygen atoms in total. The topological polar surface area (TPSA) is 15.3 Å². The predicted octanol–water partition coefficient (Wildman–Crippen LogP) is 4.95. The first-order valence-electron chi connectivity index (χ1n) is 8.72. The molecular formula is C21H22N2S. The zero-order valence-corrected chi connectivity index (χ0v) is 14.6. The van der Waals surface area contributed by atoms with Gasteiger partial charge in [-0.1, -0.05) is 60.7 Å². The van der Waals surface area contributed by atoms with E-state index >= 15 is 0 Å². The summed E-state index contributed by atoms with van der Waals surface area (Å²) >= 11 is 5.75. The van der Waals surface area contributed by atoms with Gasteiger partial charge in [-0.05, 0) is 54.6 Å². The Morgan fingerprint density at radius 1 is 0.917 bits per heavy atom. The van der Waals surface area contributed by atoms with Crippen molar-refractivity contribution in [3.63, 3.8) is 0 Å². The average molecular weight is 334 g/mol. The highest BCUT2D eigenvalue weighted by Gasteiger charge is 2.32. The lowest BCUT2D eigenvalue weighted by molar-refractivity contribution is 0.398. The Bertz CT molecular complexity index is 752. The summed E-state index contributed by atoms with van der Waals surface area (Å²) in [7, 11) is 0. The summed E-state index contributed by atoms with van der Waals surface area (Å²) in [5.41, 5.74) is 5.59. The van der Waals surface area contributed by atoms with Gasteiger partial charge in [-0.3, -0.25) is 0 Å². The Morgan fingerprint density at radius 3 is 2.33 bits per heavy atom. The standard InChI is InChI=1S/C21H22N2S/c24-21-22-20(17-11-5-2-6-12-17)18-13-7-8-14-19(18)23(21)15-16-9-3-1-4-10-16/h1-6,9-12,20H,7-8,13-15H2,(H,22,24)/t20-/m1/s1. The maximum absolute atomic E-state index is 5.75. The molecule has 3 heteroatoms. The summed E-state index contributed by atoms with van der Waals surface area (Å²) in [6, 6.07) is 21.5. The summed E-state index contributed by atoms with van der Waals surface area (Å²) in [6.45, 7) is 0.854. The third kappa shape index (κ3) is 2.96. The van der Waals surface area contributed by atoms with Crippen LogP contribution in [0.3, 0.4) is 0 Å². The average Bonchev–Trinajstić information content (AvgIpc) is 2.65. The van der Waals surface area contributed by atoms with E-state index in [0.29, 0.717) is 0 Å². The maximum atomic E-state index is 5.75. The first-order chi connectivity index (χ1) is 11.8. The second-order valence-electron chi connectivity index (χ2n) is 6.54. The Kier molecular flexibility index (Phi) is 4.35. The van der Waals surface area contributed by atoms with Crippen molar-refractivity contribution in [2.24, 2.45) is 0 Å². The van der Waals surface area contributed by atoms with Crippen molar-refractivity contribution in [1.82, 2.24) is 10.2 Å². The quantitative estimate of drug-likeness (QED) is 0.800. The van der Waals surface area contributed by atoms with Crippen LogP contribution in [0, 0.1) is 0 Å². The van der Waals surface area contributed by atoms with Crippen molar-refractivity contribution in [2.75, 3.05) is 0 Å². The largest absolute Gasteiger partial charge is 0.352 e. The second kappa shape index (κ2) is 6.78. The molecule has 2 aromatic carbocycles. The SMILES string of the molecule is S=C1N[C@H](c2ccccc2)C2=C(CCCC2)N1Cc1ccccc1. The third-order valence-corrected chi connectivity index (χ3v) is 5.32. The minimum absolute atomic E-state index is 0.237. The van der Waals surface area contributed by atoms with Gasteiger partial charge in [-0.25, -0.2) is 0 Å². The molecule has 1 atom stereocenters. The molecular weight excluding hydrogens is 312 g/mol. The lowest BCUT2D eigenvalue weighted by Gasteiger charge is -2.42. The molecule has 0 saturated carbocycles. The van der Waals surface area contributed by atoms with E-state index in [1.807, 2.05) is 0 Å². The van der Waals surface area contributed by atoms with Crippen molar-refractivity contribution < 1.29 is 0 Å². The van der Waals surface area contributed by atoms with E-state index in [1.165, 1.54) is 35.2 Å². The molecule has 1 heterocycles. The fourth-order valence-electron chi connectivity index (χ4n) is 3.81. The van der Waals surface area contributed by atoms with Gasteiger partial charge in [0.15, 0.2) is 5.11 Å². The molecule has 4 rings (SSSR count). The van der Waals surface area contributed by atoms with E-state index in [4.69, 9.17) is 12.2 Å². The van der Waals surface area contributed by atoms with Gasteiger partial charge in [-0.2, -0.15) is 0 Å². The number of rotatable bonds is 3. The highest BCUT2D eigenvalue weighted by atomic mass is 32.1. The van der Waals surface area contributed by atoms with Crippen LogP contribution in [0.1, 0.15) is 42.9 Å². The molecule has 0 saturated heterocycles. The van der Waals surface area contributed by atoms with Gasteiger partial charge in [-0.15, -0.1) is 0 Å². The number of hydrogen-bond donors (Lipinski definition) is 1. The lowest BCUT2D eigenvalue weighted by atomic mass is 9.85. The van der Waals surface area contributed by atoms with Crippen LogP contribution < -0.4 is 5.32 Å². The number of nitrogens with one attached hydrogen (secondary N) is 1. The van der Waals surface area contributed by atoms with Crippen molar-refractivity contribution >= 4 is 17.3 Å². The van der Waals surface area contributed by atoms with Crippen molar-refractivity contribution in [3.05, 3.63) is 83.1 Å². The van der Waals surface area contributed by atoms with Crippen LogP contribution in [0.4, 0.5) is 0 Å². The smallest absolute Gasteiger partial charge is 0.174 e. The van der Waals surface area contributed by atoms with E-state index in [0.717, 1.165) is 24.5 Å². The lowest BCUT2D eigenvalue weighted by Crippen LogP contribution is -2.47. The van der Waals surface area contributed by atoms with Gasteiger partial charge >= 0.3 is 0 Å². The minimum atomic E-state index is 0.237. The molecule has 24 heavy (non-hydrogen) atoms. The Morgan fingerprint density at radius 2 is 1.58 bits per heavy atom. The summed E-state index contributed by atoms with van der Waals surface area (Å²) in [5.74, 6) is 0. The van der Waals surface area contributed by atoms with Gasteiger partial charge < -0.3 is 10.2 Å². The summed E-state index contributed by atoms with van der Waals surface area (Å²) in [6.07, 6.45) is 4.83. The molecule has 0 fully saturated rings. The number of allylic oxidation sites excluding steroid dienone is 1. The first-order valence-corrected chi connectivity index (χ1v) is 9.12. The number of benzene rings is 2. The van der Waals surface area contributed by atoms with E-state index in [1.54, 1.807) is 0 Å². The van der Waals surface area contributed by atoms with Gasteiger partial charge in [0.1, 0.15) is 0 Å². The van der Waals surface area contributed by atoms with Crippen LogP contribution >= 0.6 is 12.2 Å². The molecule has 2 aliphatic rings. The van der Waals surface area contributed by atoms with Crippen molar-refractivity contribution in [1.29, 1.82) is 0 Å². The van der Waals surface area contributed by atoms with Crippen molar-refractivity contribution in [2.45, 2.75) is 38.3 Å². The molecule has 0 bridgehead atoms. The van der Waals surface area contributed by atoms with Crippen LogP contribution in [-0.4, -0.2) is 10.0 Å². The second-order valence-corrected chi connectivity index (χ2v) is 6.93. The highest BCUT2D eigenvalue weighted by Crippen LogP contribution is 2.39. The van der Waals surface area contributed by atoms with E-state index in [2.05, 4.69) is 70.9 Å². The van der Waals surface area contributed by atoms with Crippen LogP contribution in [0.2, 0.25) is 0 Å². The molecule has 1 aliphatic carbocycles. The summed E-state index contributed by atoms with van der Waals surface area (Å²) in [5, 5.41) is 4.46. The van der Waals surface area contributed by atoms with Gasteiger partial charge in [0.25, 0.3) is 0 Å². The minimum Gasteiger partial charge on any atom is -0.352 e. The fraction of sp³-hybridized carbons (Fsp3) is 0.286. The summed E-state index contributed by atoms with van der Waals surface area (Å²) < 4.78 is 0. The van der Waals surface area contributed by atoms with E-state index < -0.39 is 0 Å². The van der Waals surface area contributed by atoms with Gasteiger partial charge in [0, 0.05) is 12.2 Å². The maximum Gasteiger partial charge on any atom is 0.174 e. The van der Waals surface area contributed by atoms with Crippen LogP contribution in [-0.2, 0) is 6.54 Å². The molecule has 0 aromatic heterocycles. The van der Waals surface area contributed by atoms with Gasteiger partial charge in [0.05, 0.1) is 6.04 Å². The van der Waals surface area contributed by atoms with E-state index in [-0.39, 0.29) is 6.04 Å². The fourth-order valence-corrected chi connectivity index (χ4v) is 4.10. The molecule has 0 spiro atoms. The monoisotopic (exact) mass is 334 g/mol. The first kappa shape index (κ1) is 15.4.